The van der Waals surface area contributed by atoms with Crippen LogP contribution in [0, 0.1) is 0 Å². The molecule has 5 heteroatoms. The molecule has 24 heavy (non-hydrogen) atoms. The van der Waals surface area contributed by atoms with E-state index in [2.05, 4.69) is 45.6 Å². The number of hydrogen-bond donors (Lipinski definition) is 1. The molecule has 2 aliphatic rings. The highest BCUT2D eigenvalue weighted by molar-refractivity contribution is 8.02. The maximum absolute atomic E-state index is 10.7. The van der Waals surface area contributed by atoms with Crippen molar-refractivity contribution >= 4 is 29.2 Å². The van der Waals surface area contributed by atoms with E-state index in [1.54, 1.807) is 11.9 Å². The molecule has 0 aliphatic carbocycles. The van der Waals surface area contributed by atoms with Gasteiger partial charge < -0.3 is 9.41 Å². The molecule has 0 aromatic heterocycles. The van der Waals surface area contributed by atoms with Crippen molar-refractivity contribution in [3.05, 3.63) is 65.2 Å². The van der Waals surface area contributed by atoms with Crippen LogP contribution in [0.3, 0.4) is 0 Å². The lowest BCUT2D eigenvalue weighted by atomic mass is 10.0. The number of halogens is 1. The first kappa shape index (κ1) is 16.3. The fourth-order valence-electron chi connectivity index (χ4n) is 3.64. The zero-order valence-corrected chi connectivity index (χ0v) is 15.0. The highest BCUT2D eigenvalue weighted by Crippen LogP contribution is 2.48. The standard InChI is InChI=1S/C19H21ClN2OS/c20-16-7-4-8-17(11-16)22-13-18(23)19(24-22)9-10-21(14-19)12-15-5-2-1-3-6-15/h1-8,11,18,23H,9-10,12-14H2/t18-,19-/m1/s1. The summed E-state index contributed by atoms with van der Waals surface area (Å²) in [6, 6.07) is 18.4. The van der Waals surface area contributed by atoms with E-state index in [4.69, 9.17) is 11.6 Å². The number of benzene rings is 2. The van der Waals surface area contributed by atoms with E-state index in [9.17, 15) is 5.11 Å². The minimum atomic E-state index is -0.317. The average molecular weight is 361 g/mol. The van der Waals surface area contributed by atoms with Crippen molar-refractivity contribution in [2.24, 2.45) is 0 Å². The van der Waals surface area contributed by atoms with Gasteiger partial charge in [-0.05, 0) is 42.1 Å². The van der Waals surface area contributed by atoms with Gasteiger partial charge in [0.15, 0.2) is 0 Å². The van der Waals surface area contributed by atoms with Crippen LogP contribution < -0.4 is 4.31 Å². The predicted octanol–water partition coefficient (Wildman–Crippen LogP) is 3.81. The number of hydrogen-bond acceptors (Lipinski definition) is 4. The summed E-state index contributed by atoms with van der Waals surface area (Å²) in [5.74, 6) is 0. The van der Waals surface area contributed by atoms with Gasteiger partial charge in [0, 0.05) is 30.3 Å². The van der Waals surface area contributed by atoms with Crippen molar-refractivity contribution in [3.8, 4) is 0 Å². The third-order valence-electron chi connectivity index (χ3n) is 4.93. The fraction of sp³-hybridized carbons (Fsp3) is 0.368. The molecule has 2 aliphatic heterocycles. The van der Waals surface area contributed by atoms with E-state index in [-0.39, 0.29) is 10.9 Å². The topological polar surface area (TPSA) is 26.7 Å². The van der Waals surface area contributed by atoms with Gasteiger partial charge in [-0.2, -0.15) is 0 Å². The van der Waals surface area contributed by atoms with Crippen molar-refractivity contribution < 1.29 is 5.11 Å². The summed E-state index contributed by atoms with van der Waals surface area (Å²) in [4.78, 5) is 2.45. The summed E-state index contributed by atoms with van der Waals surface area (Å²) < 4.78 is 2.10. The molecule has 2 atom stereocenters. The zero-order valence-electron chi connectivity index (χ0n) is 13.4. The second-order valence-corrected chi connectivity index (χ2v) is 8.53. The van der Waals surface area contributed by atoms with Crippen LogP contribution in [0.5, 0.6) is 0 Å². The van der Waals surface area contributed by atoms with Gasteiger partial charge in [0.05, 0.1) is 17.4 Å². The van der Waals surface area contributed by atoms with Crippen molar-refractivity contribution in [3.63, 3.8) is 0 Å². The lowest BCUT2D eigenvalue weighted by molar-refractivity contribution is 0.145. The molecular weight excluding hydrogens is 340 g/mol. The van der Waals surface area contributed by atoms with Crippen LogP contribution in [0.25, 0.3) is 0 Å². The first-order chi connectivity index (χ1) is 11.6. The van der Waals surface area contributed by atoms with Crippen molar-refractivity contribution in [1.29, 1.82) is 0 Å². The molecule has 0 bridgehead atoms. The second kappa shape index (κ2) is 6.60. The molecular formula is C19H21ClN2OS. The molecule has 2 aromatic carbocycles. The summed E-state index contributed by atoms with van der Waals surface area (Å²) in [6.45, 7) is 3.56. The van der Waals surface area contributed by atoms with E-state index >= 15 is 0 Å². The van der Waals surface area contributed by atoms with Gasteiger partial charge in [0.1, 0.15) is 0 Å². The largest absolute Gasteiger partial charge is 0.390 e. The summed E-state index contributed by atoms with van der Waals surface area (Å²) in [7, 11) is 0. The summed E-state index contributed by atoms with van der Waals surface area (Å²) >= 11 is 7.91. The Bertz CT molecular complexity index is 714. The van der Waals surface area contributed by atoms with Crippen LogP contribution in [0.1, 0.15) is 12.0 Å². The molecule has 2 heterocycles. The quantitative estimate of drug-likeness (QED) is 0.842. The predicted molar refractivity (Wildman–Crippen MR) is 101 cm³/mol. The van der Waals surface area contributed by atoms with E-state index in [0.29, 0.717) is 6.54 Å². The number of β-amino-alcohol motifs (C(OH)–C–C–N with tert-alkyl or cyclic N) is 1. The van der Waals surface area contributed by atoms with Crippen molar-refractivity contribution in [1.82, 2.24) is 4.90 Å². The molecule has 2 fully saturated rings. The molecule has 126 valence electrons. The van der Waals surface area contributed by atoms with Crippen LogP contribution in [-0.4, -0.2) is 40.5 Å². The average Bonchev–Trinajstić information content (AvgIpc) is 3.13. The SMILES string of the molecule is O[C@@H]1CN(c2cccc(Cl)c2)S[C@@]12CCN(Cc1ccccc1)C2. The minimum absolute atomic E-state index is 0.100. The van der Waals surface area contributed by atoms with E-state index in [1.807, 2.05) is 18.2 Å². The van der Waals surface area contributed by atoms with E-state index in [0.717, 1.165) is 36.8 Å². The molecule has 1 spiro atoms. The number of nitrogens with zero attached hydrogens (tertiary/aromatic N) is 2. The van der Waals surface area contributed by atoms with Gasteiger partial charge in [-0.1, -0.05) is 48.0 Å². The number of aliphatic hydroxyl groups excluding tert-OH is 1. The third kappa shape index (κ3) is 3.16. The molecule has 1 N–H and O–H groups in total. The number of anilines is 1. The normalized spacial score (nSPS) is 27.2. The Kier molecular flexibility index (Phi) is 4.48. The molecule has 0 saturated carbocycles. The van der Waals surface area contributed by atoms with Crippen LogP contribution in [-0.2, 0) is 6.54 Å². The van der Waals surface area contributed by atoms with Gasteiger partial charge in [-0.25, -0.2) is 0 Å². The molecule has 0 radical (unpaired) electrons. The maximum Gasteiger partial charge on any atom is 0.0902 e. The maximum atomic E-state index is 10.7. The molecule has 2 saturated heterocycles. The molecule has 4 rings (SSSR count). The lowest BCUT2D eigenvalue weighted by Crippen LogP contribution is -2.39. The molecule has 0 amide bonds. The first-order valence-corrected chi connectivity index (χ1v) is 9.46. The molecule has 3 nitrogen and oxygen atoms in total. The van der Waals surface area contributed by atoms with Gasteiger partial charge in [0.2, 0.25) is 0 Å². The van der Waals surface area contributed by atoms with Crippen LogP contribution in [0.15, 0.2) is 54.6 Å². The Balaban J connectivity index is 1.46. The van der Waals surface area contributed by atoms with Gasteiger partial charge in [-0.3, -0.25) is 4.90 Å². The Morgan fingerprint density at radius 1 is 1.17 bits per heavy atom. The lowest BCUT2D eigenvalue weighted by Gasteiger charge is -2.26. The number of rotatable bonds is 3. The van der Waals surface area contributed by atoms with Crippen molar-refractivity contribution in [2.45, 2.75) is 23.8 Å². The van der Waals surface area contributed by atoms with Crippen LogP contribution in [0.4, 0.5) is 5.69 Å². The van der Waals surface area contributed by atoms with Gasteiger partial charge >= 0.3 is 0 Å². The Hall–Kier alpha value is -1.20. The zero-order chi connectivity index (χ0) is 16.6. The highest BCUT2D eigenvalue weighted by atomic mass is 35.5. The number of aliphatic hydroxyl groups is 1. The smallest absolute Gasteiger partial charge is 0.0902 e. The van der Waals surface area contributed by atoms with Crippen molar-refractivity contribution in [2.75, 3.05) is 23.9 Å². The van der Waals surface area contributed by atoms with Gasteiger partial charge in [-0.15, -0.1) is 0 Å². The Morgan fingerprint density at radius 2 is 2.00 bits per heavy atom. The second-order valence-electron chi connectivity index (χ2n) is 6.66. The first-order valence-electron chi connectivity index (χ1n) is 8.31. The third-order valence-corrected chi connectivity index (χ3v) is 6.71. The summed E-state index contributed by atoms with van der Waals surface area (Å²) in [6.07, 6.45) is 0.699. The molecule has 2 aromatic rings. The van der Waals surface area contributed by atoms with E-state index < -0.39 is 0 Å². The number of likely N-dealkylation sites (tertiary alicyclic amines) is 1. The highest BCUT2D eigenvalue weighted by Gasteiger charge is 2.51. The van der Waals surface area contributed by atoms with Gasteiger partial charge in [0.25, 0.3) is 0 Å². The van der Waals surface area contributed by atoms with Crippen LogP contribution >= 0.6 is 23.5 Å². The molecule has 0 unspecified atom stereocenters. The van der Waals surface area contributed by atoms with Crippen LogP contribution in [0.2, 0.25) is 5.02 Å². The fourth-order valence-corrected chi connectivity index (χ4v) is 5.31. The monoisotopic (exact) mass is 360 g/mol. The summed E-state index contributed by atoms with van der Waals surface area (Å²) in [5, 5.41) is 11.5. The summed E-state index contributed by atoms with van der Waals surface area (Å²) in [5.41, 5.74) is 2.41. The van der Waals surface area contributed by atoms with E-state index in [1.165, 1.54) is 5.56 Å². The minimum Gasteiger partial charge on any atom is -0.390 e. The Morgan fingerprint density at radius 3 is 2.79 bits per heavy atom. The Labute approximate surface area is 152 Å².